The molecule has 1 aliphatic heterocycles. The number of hydrogen-bond acceptors (Lipinski definition) is 3. The number of anilines is 1. The quantitative estimate of drug-likeness (QED) is 0.274. The molecule has 0 aromatic heterocycles. The SMILES string of the molecule is O=Cc1cccc(N2C(=O)c3cccc4c(C#Cc5ccccc5)ccc(c34)C2=O)c1. The Bertz CT molecular complexity index is 1420. The van der Waals surface area contributed by atoms with Gasteiger partial charge < -0.3 is 0 Å². The zero-order valence-electron chi connectivity index (χ0n) is 16.3. The van der Waals surface area contributed by atoms with Gasteiger partial charge in [0.25, 0.3) is 11.8 Å². The van der Waals surface area contributed by atoms with Crippen molar-refractivity contribution in [3.05, 3.63) is 113 Å². The summed E-state index contributed by atoms with van der Waals surface area (Å²) in [5.74, 6) is 5.47. The number of amides is 2. The van der Waals surface area contributed by atoms with E-state index in [0.717, 1.165) is 21.4 Å². The van der Waals surface area contributed by atoms with Crippen molar-refractivity contribution in [1.29, 1.82) is 0 Å². The lowest BCUT2D eigenvalue weighted by Gasteiger charge is -2.27. The molecule has 2 amide bonds. The molecule has 0 fully saturated rings. The van der Waals surface area contributed by atoms with Crippen LogP contribution in [0.15, 0.2) is 84.9 Å². The number of rotatable bonds is 2. The molecule has 1 aliphatic rings. The van der Waals surface area contributed by atoms with E-state index in [4.69, 9.17) is 0 Å². The second-order valence-corrected chi connectivity index (χ2v) is 7.16. The first-order chi connectivity index (χ1) is 15.2. The summed E-state index contributed by atoms with van der Waals surface area (Å²) in [6.45, 7) is 0. The minimum Gasteiger partial charge on any atom is -0.298 e. The van der Waals surface area contributed by atoms with Gasteiger partial charge in [0.05, 0.1) is 5.69 Å². The van der Waals surface area contributed by atoms with Crippen LogP contribution in [0.1, 0.15) is 42.2 Å². The fraction of sp³-hybridized carbons (Fsp3) is 0. The maximum atomic E-state index is 13.3. The van der Waals surface area contributed by atoms with Gasteiger partial charge in [0.2, 0.25) is 0 Å². The van der Waals surface area contributed by atoms with E-state index in [-0.39, 0.29) is 0 Å². The molecule has 0 saturated carbocycles. The van der Waals surface area contributed by atoms with Crippen LogP contribution in [0.3, 0.4) is 0 Å². The minimum atomic E-state index is -0.417. The highest BCUT2D eigenvalue weighted by molar-refractivity contribution is 6.36. The number of carbonyl (C=O) groups is 3. The molecule has 0 N–H and O–H groups in total. The van der Waals surface area contributed by atoms with Crippen molar-refractivity contribution in [1.82, 2.24) is 0 Å². The third-order valence-electron chi connectivity index (χ3n) is 5.29. The largest absolute Gasteiger partial charge is 0.298 e. The second kappa shape index (κ2) is 7.40. The van der Waals surface area contributed by atoms with Gasteiger partial charge in [-0.05, 0) is 47.9 Å². The Labute approximate surface area is 178 Å². The fourth-order valence-electron chi connectivity index (χ4n) is 3.84. The Kier molecular flexibility index (Phi) is 4.42. The molecular weight excluding hydrogens is 386 g/mol. The van der Waals surface area contributed by atoms with Crippen LogP contribution in [-0.2, 0) is 0 Å². The Hall–Kier alpha value is -4.49. The summed E-state index contributed by atoms with van der Waals surface area (Å²) in [5.41, 5.74) is 3.28. The number of benzene rings is 4. The number of nitrogens with zero attached hydrogens (tertiary/aromatic N) is 1. The lowest BCUT2D eigenvalue weighted by atomic mass is 9.91. The van der Waals surface area contributed by atoms with Crippen LogP contribution in [0.25, 0.3) is 10.8 Å². The summed E-state index contributed by atoms with van der Waals surface area (Å²) < 4.78 is 0. The van der Waals surface area contributed by atoms with E-state index in [1.54, 1.807) is 36.4 Å². The predicted octanol–water partition coefficient (Wildman–Crippen LogP) is 4.85. The molecule has 4 nitrogen and oxygen atoms in total. The summed E-state index contributed by atoms with van der Waals surface area (Å²) in [4.78, 5) is 38.9. The van der Waals surface area contributed by atoms with E-state index in [1.165, 1.54) is 6.07 Å². The van der Waals surface area contributed by atoms with Crippen LogP contribution < -0.4 is 4.90 Å². The molecule has 146 valence electrons. The van der Waals surface area contributed by atoms with Gasteiger partial charge in [0.1, 0.15) is 6.29 Å². The van der Waals surface area contributed by atoms with Crippen molar-refractivity contribution < 1.29 is 14.4 Å². The normalized spacial score (nSPS) is 12.5. The van der Waals surface area contributed by atoms with Crippen molar-refractivity contribution in [2.75, 3.05) is 4.90 Å². The molecule has 4 heteroatoms. The van der Waals surface area contributed by atoms with Crippen LogP contribution in [0.2, 0.25) is 0 Å². The molecule has 4 aromatic carbocycles. The molecule has 0 aliphatic carbocycles. The third kappa shape index (κ3) is 3.09. The van der Waals surface area contributed by atoms with Gasteiger partial charge in [-0.25, -0.2) is 4.90 Å². The molecule has 0 spiro atoms. The fourth-order valence-corrected chi connectivity index (χ4v) is 3.84. The molecule has 0 atom stereocenters. The topological polar surface area (TPSA) is 54.5 Å². The molecule has 5 rings (SSSR count). The van der Waals surface area contributed by atoms with Gasteiger partial charge >= 0.3 is 0 Å². The predicted molar refractivity (Wildman–Crippen MR) is 119 cm³/mol. The van der Waals surface area contributed by atoms with Gasteiger partial charge in [-0.15, -0.1) is 0 Å². The van der Waals surface area contributed by atoms with Crippen LogP contribution in [0, 0.1) is 11.8 Å². The Balaban J connectivity index is 1.66. The van der Waals surface area contributed by atoms with Crippen molar-refractivity contribution in [2.24, 2.45) is 0 Å². The molecule has 1 heterocycles. The zero-order chi connectivity index (χ0) is 21.4. The van der Waals surface area contributed by atoms with E-state index in [1.807, 2.05) is 42.5 Å². The van der Waals surface area contributed by atoms with Crippen LogP contribution in [0.4, 0.5) is 5.69 Å². The summed E-state index contributed by atoms with van der Waals surface area (Å²) >= 11 is 0. The molecule has 0 saturated heterocycles. The first kappa shape index (κ1) is 18.5. The Morgan fingerprint density at radius 3 is 2.23 bits per heavy atom. The Morgan fingerprint density at radius 2 is 1.45 bits per heavy atom. The number of hydrogen-bond donors (Lipinski definition) is 0. The second-order valence-electron chi connectivity index (χ2n) is 7.16. The van der Waals surface area contributed by atoms with Gasteiger partial charge in [-0.2, -0.15) is 0 Å². The molecule has 4 aromatic rings. The highest BCUT2D eigenvalue weighted by atomic mass is 16.2. The summed E-state index contributed by atoms with van der Waals surface area (Å²) in [6.07, 6.45) is 0.689. The average molecular weight is 401 g/mol. The number of imide groups is 1. The van der Waals surface area contributed by atoms with E-state index < -0.39 is 11.8 Å². The molecule has 0 unspecified atom stereocenters. The van der Waals surface area contributed by atoms with Gasteiger partial charge in [-0.3, -0.25) is 14.4 Å². The van der Waals surface area contributed by atoms with Gasteiger partial charge in [0, 0.05) is 33.2 Å². The van der Waals surface area contributed by atoms with Crippen LogP contribution >= 0.6 is 0 Å². The van der Waals surface area contributed by atoms with Crippen LogP contribution in [0.5, 0.6) is 0 Å². The number of aldehydes is 1. The molecule has 31 heavy (non-hydrogen) atoms. The van der Waals surface area contributed by atoms with Crippen molar-refractivity contribution in [3.63, 3.8) is 0 Å². The summed E-state index contributed by atoms with van der Waals surface area (Å²) in [5, 5.41) is 1.38. The van der Waals surface area contributed by atoms with Crippen molar-refractivity contribution in [3.8, 4) is 11.8 Å². The van der Waals surface area contributed by atoms with Crippen LogP contribution in [-0.4, -0.2) is 18.1 Å². The monoisotopic (exact) mass is 401 g/mol. The standard InChI is InChI=1S/C27H15NO3/c29-17-19-8-4-9-21(16-19)28-26(30)23-11-5-10-22-20(13-12-18-6-2-1-3-7-18)14-15-24(25(22)23)27(28)31/h1-11,14-17H. The number of carbonyl (C=O) groups excluding carboxylic acids is 3. The lowest BCUT2D eigenvalue weighted by Crippen LogP contribution is -2.40. The van der Waals surface area contributed by atoms with Crippen molar-refractivity contribution >= 4 is 34.6 Å². The van der Waals surface area contributed by atoms with E-state index >= 15 is 0 Å². The third-order valence-corrected chi connectivity index (χ3v) is 5.29. The molecule has 0 bridgehead atoms. The first-order valence-electron chi connectivity index (χ1n) is 9.74. The van der Waals surface area contributed by atoms with E-state index in [0.29, 0.717) is 34.1 Å². The zero-order valence-corrected chi connectivity index (χ0v) is 16.3. The van der Waals surface area contributed by atoms with E-state index in [2.05, 4.69) is 11.8 Å². The highest BCUT2D eigenvalue weighted by Crippen LogP contribution is 2.34. The summed E-state index contributed by atoms with van der Waals surface area (Å²) in [6, 6.07) is 25.0. The van der Waals surface area contributed by atoms with Gasteiger partial charge in [-0.1, -0.05) is 54.3 Å². The molecule has 0 radical (unpaired) electrons. The summed E-state index contributed by atoms with van der Waals surface area (Å²) in [7, 11) is 0. The van der Waals surface area contributed by atoms with Gasteiger partial charge in [0.15, 0.2) is 0 Å². The lowest BCUT2D eigenvalue weighted by molar-refractivity contribution is 0.0892. The Morgan fingerprint density at radius 1 is 0.710 bits per heavy atom. The van der Waals surface area contributed by atoms with E-state index in [9.17, 15) is 14.4 Å². The average Bonchev–Trinajstić information content (AvgIpc) is 2.82. The smallest absolute Gasteiger partial charge is 0.265 e. The maximum absolute atomic E-state index is 13.3. The first-order valence-corrected chi connectivity index (χ1v) is 9.74. The minimum absolute atomic E-state index is 0.371. The maximum Gasteiger partial charge on any atom is 0.265 e. The highest BCUT2D eigenvalue weighted by Gasteiger charge is 2.34. The van der Waals surface area contributed by atoms with Crippen molar-refractivity contribution in [2.45, 2.75) is 0 Å². The molecular formula is C27H15NO3.